The molecule has 0 atom stereocenters. The van der Waals surface area contributed by atoms with Gasteiger partial charge in [0.15, 0.2) is 0 Å². The van der Waals surface area contributed by atoms with E-state index in [1.807, 2.05) is 0 Å². The van der Waals surface area contributed by atoms with Crippen LogP contribution in [0.1, 0.15) is 5.69 Å². The maximum atomic E-state index is 5.47. The highest BCUT2D eigenvalue weighted by Crippen LogP contribution is 2.04. The lowest BCUT2D eigenvalue weighted by atomic mass is 10.5. The maximum absolute atomic E-state index is 5.47. The van der Waals surface area contributed by atoms with Gasteiger partial charge in [-0.25, -0.2) is 4.98 Å². The van der Waals surface area contributed by atoms with Crippen molar-refractivity contribution in [1.29, 1.82) is 0 Å². The third-order valence-electron chi connectivity index (χ3n) is 0.723. The molecule has 1 aromatic rings. The Kier molecular flexibility index (Phi) is 1.44. The molecule has 0 saturated heterocycles. The number of rotatable bonds is 0. The molecule has 0 aromatic carbocycles. The Balaban J connectivity index is 3.13. The molecule has 0 saturated carbocycles. The molecule has 0 fully saturated rings. The van der Waals surface area contributed by atoms with Crippen molar-refractivity contribution in [2.75, 3.05) is 0 Å². The van der Waals surface area contributed by atoms with Crippen molar-refractivity contribution in [2.24, 2.45) is 0 Å². The van der Waals surface area contributed by atoms with E-state index < -0.39 is 0 Å². The van der Waals surface area contributed by atoms with Gasteiger partial charge in [0.1, 0.15) is 5.15 Å². The van der Waals surface area contributed by atoms with Gasteiger partial charge < -0.3 is 0 Å². The second-order valence-corrected chi connectivity index (χ2v) is 1.65. The highest BCUT2D eigenvalue weighted by atomic mass is 35.5. The molecule has 1 aromatic heterocycles. The molecular weight excluding hydrogens is 124 g/mol. The van der Waals surface area contributed by atoms with Gasteiger partial charge in [0.05, 0.1) is 5.69 Å². The van der Waals surface area contributed by atoms with Gasteiger partial charge in [-0.3, -0.25) is 4.98 Å². The Hall–Kier alpha value is -0.630. The zero-order chi connectivity index (χ0) is 5.98. The predicted octanol–water partition coefficient (Wildman–Crippen LogP) is 1.31. The molecule has 1 rings (SSSR count). The average Bonchev–Trinajstić information content (AvgIpc) is 1.77. The monoisotopic (exact) mass is 127 g/mol. The van der Waals surface area contributed by atoms with Gasteiger partial charge in [0.2, 0.25) is 0 Å². The summed E-state index contributed by atoms with van der Waals surface area (Å²) in [6.45, 7) is 3.51. The molecule has 0 unspecified atom stereocenters. The van der Waals surface area contributed by atoms with E-state index in [0.717, 1.165) is 0 Å². The standard InChI is InChI=1S/C5H4ClN2/c1-4-5(6)8-3-2-7-4/h2-3H,1H2. The number of halogens is 1. The van der Waals surface area contributed by atoms with Gasteiger partial charge in [0.25, 0.3) is 0 Å². The van der Waals surface area contributed by atoms with Crippen molar-refractivity contribution >= 4 is 11.6 Å². The summed E-state index contributed by atoms with van der Waals surface area (Å²) >= 11 is 5.47. The lowest BCUT2D eigenvalue weighted by molar-refractivity contribution is 1.16. The van der Waals surface area contributed by atoms with Gasteiger partial charge in [-0.15, -0.1) is 0 Å². The third-order valence-corrected chi connectivity index (χ3v) is 1.04. The first kappa shape index (κ1) is 5.51. The average molecular weight is 128 g/mol. The molecule has 0 aliphatic heterocycles. The number of hydrogen-bond acceptors (Lipinski definition) is 2. The van der Waals surface area contributed by atoms with Crippen LogP contribution >= 0.6 is 11.6 Å². The zero-order valence-corrected chi connectivity index (χ0v) is 4.89. The Morgan fingerprint density at radius 3 is 2.38 bits per heavy atom. The van der Waals surface area contributed by atoms with Crippen LogP contribution in [0.2, 0.25) is 5.15 Å². The fourth-order valence-electron chi connectivity index (χ4n) is 0.350. The third kappa shape index (κ3) is 0.954. The lowest BCUT2D eigenvalue weighted by Gasteiger charge is -1.88. The van der Waals surface area contributed by atoms with E-state index in [1.165, 1.54) is 6.20 Å². The van der Waals surface area contributed by atoms with Crippen LogP contribution in [0.15, 0.2) is 12.4 Å². The molecule has 2 nitrogen and oxygen atoms in total. The fourth-order valence-corrected chi connectivity index (χ4v) is 0.455. The Morgan fingerprint density at radius 1 is 1.38 bits per heavy atom. The minimum Gasteiger partial charge on any atom is -0.256 e. The molecule has 0 spiro atoms. The lowest BCUT2D eigenvalue weighted by Crippen LogP contribution is -1.82. The van der Waals surface area contributed by atoms with Crippen LogP contribution in [0.4, 0.5) is 0 Å². The van der Waals surface area contributed by atoms with Gasteiger partial charge >= 0.3 is 0 Å². The topological polar surface area (TPSA) is 25.8 Å². The number of nitrogens with zero attached hydrogens (tertiary/aromatic N) is 2. The normalized spacial score (nSPS) is 9.25. The van der Waals surface area contributed by atoms with Crippen LogP contribution in [0.25, 0.3) is 0 Å². The molecular formula is C5H4ClN2. The molecule has 0 amide bonds. The summed E-state index contributed by atoms with van der Waals surface area (Å²) in [6.07, 6.45) is 3.07. The van der Waals surface area contributed by atoms with E-state index in [0.29, 0.717) is 10.8 Å². The van der Waals surface area contributed by atoms with E-state index in [-0.39, 0.29) is 0 Å². The smallest absolute Gasteiger partial charge is 0.150 e. The molecule has 1 heterocycles. The van der Waals surface area contributed by atoms with E-state index in [1.54, 1.807) is 6.20 Å². The van der Waals surface area contributed by atoms with Crippen molar-refractivity contribution in [3.63, 3.8) is 0 Å². The Labute approximate surface area is 52.5 Å². The molecule has 41 valence electrons. The molecule has 0 bridgehead atoms. The van der Waals surface area contributed by atoms with E-state index in [9.17, 15) is 0 Å². The Morgan fingerprint density at radius 2 is 2.00 bits per heavy atom. The van der Waals surface area contributed by atoms with E-state index in [2.05, 4.69) is 16.9 Å². The fraction of sp³-hybridized carbons (Fsp3) is 0. The van der Waals surface area contributed by atoms with Crippen LogP contribution in [-0.2, 0) is 0 Å². The molecule has 0 aliphatic carbocycles. The molecule has 8 heavy (non-hydrogen) atoms. The number of aromatic nitrogens is 2. The maximum Gasteiger partial charge on any atom is 0.150 e. The first-order valence-electron chi connectivity index (χ1n) is 2.09. The predicted molar refractivity (Wildman–Crippen MR) is 31.5 cm³/mol. The van der Waals surface area contributed by atoms with Gasteiger partial charge in [-0.2, -0.15) is 0 Å². The van der Waals surface area contributed by atoms with Crippen LogP contribution in [0.3, 0.4) is 0 Å². The number of hydrogen-bond donors (Lipinski definition) is 0. The van der Waals surface area contributed by atoms with Gasteiger partial charge in [0, 0.05) is 12.4 Å². The second kappa shape index (κ2) is 2.09. The minimum absolute atomic E-state index is 0.368. The molecule has 0 aliphatic rings. The SMILES string of the molecule is [CH2]c1nccnc1Cl. The van der Waals surface area contributed by atoms with Crippen molar-refractivity contribution in [1.82, 2.24) is 9.97 Å². The van der Waals surface area contributed by atoms with Crippen LogP contribution in [-0.4, -0.2) is 9.97 Å². The highest BCUT2D eigenvalue weighted by molar-refractivity contribution is 6.30. The minimum atomic E-state index is 0.368. The van der Waals surface area contributed by atoms with Crippen molar-refractivity contribution in [3.05, 3.63) is 30.2 Å². The zero-order valence-electron chi connectivity index (χ0n) is 4.13. The van der Waals surface area contributed by atoms with Gasteiger partial charge in [-0.1, -0.05) is 11.6 Å². The van der Waals surface area contributed by atoms with E-state index in [4.69, 9.17) is 11.6 Å². The van der Waals surface area contributed by atoms with Crippen LogP contribution in [0.5, 0.6) is 0 Å². The van der Waals surface area contributed by atoms with Crippen molar-refractivity contribution in [3.8, 4) is 0 Å². The summed E-state index contributed by atoms with van der Waals surface area (Å²) in [5, 5.41) is 0.368. The van der Waals surface area contributed by atoms with Crippen LogP contribution in [0, 0.1) is 6.92 Å². The van der Waals surface area contributed by atoms with Crippen molar-refractivity contribution < 1.29 is 0 Å². The summed E-state index contributed by atoms with van der Waals surface area (Å²) in [6, 6.07) is 0. The van der Waals surface area contributed by atoms with Crippen LogP contribution < -0.4 is 0 Å². The van der Waals surface area contributed by atoms with E-state index >= 15 is 0 Å². The first-order chi connectivity index (χ1) is 3.80. The van der Waals surface area contributed by atoms with Gasteiger partial charge in [-0.05, 0) is 6.92 Å². The van der Waals surface area contributed by atoms with Crippen molar-refractivity contribution in [2.45, 2.75) is 0 Å². The second-order valence-electron chi connectivity index (χ2n) is 1.29. The molecule has 1 radical (unpaired) electrons. The Bertz CT molecular complexity index is 167. The quantitative estimate of drug-likeness (QED) is 0.525. The summed E-state index contributed by atoms with van der Waals surface area (Å²) in [5.74, 6) is 0. The summed E-state index contributed by atoms with van der Waals surface area (Å²) in [5.41, 5.74) is 0.522. The molecule has 3 heteroatoms. The largest absolute Gasteiger partial charge is 0.256 e. The summed E-state index contributed by atoms with van der Waals surface area (Å²) in [4.78, 5) is 7.49. The summed E-state index contributed by atoms with van der Waals surface area (Å²) < 4.78 is 0. The molecule has 0 N–H and O–H groups in total. The first-order valence-corrected chi connectivity index (χ1v) is 2.47. The summed E-state index contributed by atoms with van der Waals surface area (Å²) in [7, 11) is 0. The highest BCUT2D eigenvalue weighted by Gasteiger charge is 1.90.